The van der Waals surface area contributed by atoms with E-state index in [4.69, 9.17) is 0 Å². The van der Waals surface area contributed by atoms with E-state index in [1.807, 2.05) is 6.07 Å². The molecule has 1 fully saturated rings. The van der Waals surface area contributed by atoms with E-state index >= 15 is 0 Å². The predicted octanol–water partition coefficient (Wildman–Crippen LogP) is 0.629. The van der Waals surface area contributed by atoms with E-state index in [2.05, 4.69) is 5.32 Å². The van der Waals surface area contributed by atoms with Crippen LogP contribution < -0.4 is 5.32 Å². The number of rotatable bonds is 3. The van der Waals surface area contributed by atoms with Crippen LogP contribution in [0.4, 0.5) is 0 Å². The van der Waals surface area contributed by atoms with Crippen LogP contribution in [0.25, 0.3) is 0 Å². The Kier molecular flexibility index (Phi) is 3.62. The minimum absolute atomic E-state index is 0.129. The molecule has 2 amide bonds. The molecule has 1 unspecified atom stereocenters. The van der Waals surface area contributed by atoms with E-state index in [1.165, 1.54) is 11.9 Å². The van der Waals surface area contributed by atoms with Gasteiger partial charge in [-0.3, -0.25) is 14.5 Å². The number of imide groups is 1. The number of phenols is 1. The summed E-state index contributed by atoms with van der Waals surface area (Å²) in [5.41, 5.74) is 0.905. The number of nitrogens with zero attached hydrogens (tertiary/aromatic N) is 1. The zero-order valence-corrected chi connectivity index (χ0v) is 10.2. The molecule has 1 saturated heterocycles. The fraction of sp³-hybridized carbons (Fsp3) is 0.385. The minimum Gasteiger partial charge on any atom is -0.508 e. The van der Waals surface area contributed by atoms with Crippen molar-refractivity contribution in [2.45, 2.75) is 25.4 Å². The van der Waals surface area contributed by atoms with Crippen LogP contribution in [0.15, 0.2) is 24.3 Å². The molecule has 5 nitrogen and oxygen atoms in total. The lowest BCUT2D eigenvalue weighted by molar-refractivity contribution is -0.148. The zero-order chi connectivity index (χ0) is 13.1. The minimum atomic E-state index is -0.324. The molecular weight excluding hydrogens is 232 g/mol. The van der Waals surface area contributed by atoms with E-state index in [1.54, 1.807) is 18.2 Å². The largest absolute Gasteiger partial charge is 0.508 e. The van der Waals surface area contributed by atoms with Gasteiger partial charge in [0, 0.05) is 20.0 Å². The summed E-state index contributed by atoms with van der Waals surface area (Å²) in [5, 5.41) is 12.4. The van der Waals surface area contributed by atoms with Gasteiger partial charge < -0.3 is 10.4 Å². The lowest BCUT2D eigenvalue weighted by Gasteiger charge is -2.28. The first kappa shape index (κ1) is 12.6. The van der Waals surface area contributed by atoms with Gasteiger partial charge in [-0.25, -0.2) is 0 Å². The van der Waals surface area contributed by atoms with Crippen molar-refractivity contribution in [2.75, 3.05) is 7.05 Å². The molecule has 18 heavy (non-hydrogen) atoms. The Bertz CT molecular complexity index is 473. The highest BCUT2D eigenvalue weighted by Gasteiger charge is 2.31. The average Bonchev–Trinajstić information content (AvgIpc) is 2.35. The van der Waals surface area contributed by atoms with Gasteiger partial charge in [0.15, 0.2) is 0 Å². The van der Waals surface area contributed by atoms with Crippen molar-refractivity contribution >= 4 is 11.8 Å². The van der Waals surface area contributed by atoms with E-state index < -0.39 is 0 Å². The Morgan fingerprint density at radius 1 is 1.44 bits per heavy atom. The number of likely N-dealkylation sites (N-methyl/N-ethyl adjacent to an activating group) is 1. The summed E-state index contributed by atoms with van der Waals surface area (Å²) in [7, 11) is 1.51. The molecule has 0 bridgehead atoms. The summed E-state index contributed by atoms with van der Waals surface area (Å²) in [6.45, 7) is 0.493. The number of amides is 2. The first-order valence-corrected chi connectivity index (χ1v) is 5.89. The van der Waals surface area contributed by atoms with Gasteiger partial charge in [-0.05, 0) is 24.1 Å². The summed E-state index contributed by atoms with van der Waals surface area (Å²) in [5.74, 6) is -0.113. The zero-order valence-electron chi connectivity index (χ0n) is 10.2. The number of phenolic OH excluding ortho intramolecular Hbond substituents is 1. The van der Waals surface area contributed by atoms with E-state index in [0.29, 0.717) is 19.4 Å². The molecule has 1 heterocycles. The van der Waals surface area contributed by atoms with Crippen LogP contribution in [0.2, 0.25) is 0 Å². The lowest BCUT2D eigenvalue weighted by Crippen LogP contribution is -2.51. The fourth-order valence-electron chi connectivity index (χ4n) is 2.01. The van der Waals surface area contributed by atoms with Crippen molar-refractivity contribution < 1.29 is 14.7 Å². The summed E-state index contributed by atoms with van der Waals surface area (Å²) in [6, 6.07) is 6.55. The number of likely N-dealkylation sites (tertiary alicyclic amines) is 1. The van der Waals surface area contributed by atoms with Crippen LogP contribution >= 0.6 is 0 Å². The second-order valence-corrected chi connectivity index (χ2v) is 4.43. The maximum Gasteiger partial charge on any atom is 0.246 e. The van der Waals surface area contributed by atoms with Crippen LogP contribution in [-0.2, 0) is 16.1 Å². The number of hydrogen-bond acceptors (Lipinski definition) is 4. The van der Waals surface area contributed by atoms with E-state index in [0.717, 1.165) is 5.56 Å². The highest BCUT2D eigenvalue weighted by molar-refractivity contribution is 6.00. The standard InChI is InChI=1S/C13H16N2O3/c1-15-12(17)6-5-11(13(15)18)14-8-9-3-2-4-10(16)7-9/h2-4,7,11,14,16H,5-6,8H2,1H3. The molecule has 1 aromatic carbocycles. The van der Waals surface area contributed by atoms with Gasteiger partial charge >= 0.3 is 0 Å². The summed E-state index contributed by atoms with van der Waals surface area (Å²) in [6.07, 6.45) is 0.917. The van der Waals surface area contributed by atoms with Crippen molar-refractivity contribution in [3.8, 4) is 5.75 Å². The molecule has 96 valence electrons. The summed E-state index contributed by atoms with van der Waals surface area (Å²) >= 11 is 0. The van der Waals surface area contributed by atoms with Gasteiger partial charge in [-0.1, -0.05) is 12.1 Å². The Morgan fingerprint density at radius 3 is 2.94 bits per heavy atom. The predicted molar refractivity (Wildman–Crippen MR) is 65.7 cm³/mol. The van der Waals surface area contributed by atoms with Crippen LogP contribution in [0, 0.1) is 0 Å². The first-order chi connectivity index (χ1) is 8.58. The highest BCUT2D eigenvalue weighted by atomic mass is 16.3. The normalized spacial score (nSPS) is 20.3. The van der Waals surface area contributed by atoms with Crippen molar-refractivity contribution in [3.63, 3.8) is 0 Å². The van der Waals surface area contributed by atoms with Crippen LogP contribution in [0.1, 0.15) is 18.4 Å². The number of benzene rings is 1. The Balaban J connectivity index is 1.94. The lowest BCUT2D eigenvalue weighted by atomic mass is 10.0. The monoisotopic (exact) mass is 248 g/mol. The number of carbonyl (C=O) groups is 2. The molecule has 1 atom stereocenters. The molecular formula is C13H16N2O3. The smallest absolute Gasteiger partial charge is 0.246 e. The fourth-order valence-corrected chi connectivity index (χ4v) is 2.01. The van der Waals surface area contributed by atoms with Crippen molar-refractivity contribution in [1.82, 2.24) is 10.2 Å². The Labute approximate surface area is 105 Å². The molecule has 2 N–H and O–H groups in total. The third kappa shape index (κ3) is 2.68. The van der Waals surface area contributed by atoms with Crippen molar-refractivity contribution in [3.05, 3.63) is 29.8 Å². The molecule has 2 rings (SSSR count). The summed E-state index contributed by atoms with van der Waals surface area (Å²) < 4.78 is 0. The number of piperidine rings is 1. The Hall–Kier alpha value is -1.88. The Morgan fingerprint density at radius 2 is 2.22 bits per heavy atom. The highest BCUT2D eigenvalue weighted by Crippen LogP contribution is 2.14. The van der Waals surface area contributed by atoms with Gasteiger partial charge in [0.25, 0.3) is 0 Å². The SMILES string of the molecule is CN1C(=O)CCC(NCc2cccc(O)c2)C1=O. The van der Waals surface area contributed by atoms with Gasteiger partial charge in [0.1, 0.15) is 5.75 Å². The number of nitrogens with one attached hydrogen (secondary N) is 1. The quantitative estimate of drug-likeness (QED) is 0.770. The summed E-state index contributed by atoms with van der Waals surface area (Å²) in [4.78, 5) is 24.3. The second-order valence-electron chi connectivity index (χ2n) is 4.43. The van der Waals surface area contributed by atoms with Gasteiger partial charge in [-0.15, -0.1) is 0 Å². The maximum absolute atomic E-state index is 11.8. The first-order valence-electron chi connectivity index (χ1n) is 5.89. The number of hydrogen-bond donors (Lipinski definition) is 2. The van der Waals surface area contributed by atoms with E-state index in [-0.39, 0.29) is 23.6 Å². The maximum atomic E-state index is 11.8. The molecule has 0 spiro atoms. The van der Waals surface area contributed by atoms with Gasteiger partial charge in [-0.2, -0.15) is 0 Å². The molecule has 5 heteroatoms. The van der Waals surface area contributed by atoms with Gasteiger partial charge in [0.05, 0.1) is 6.04 Å². The third-order valence-electron chi connectivity index (χ3n) is 3.11. The molecule has 1 aliphatic rings. The number of aromatic hydroxyl groups is 1. The third-order valence-corrected chi connectivity index (χ3v) is 3.11. The average molecular weight is 248 g/mol. The molecule has 0 aliphatic carbocycles. The van der Waals surface area contributed by atoms with E-state index in [9.17, 15) is 14.7 Å². The topological polar surface area (TPSA) is 69.6 Å². The molecule has 1 aliphatic heterocycles. The van der Waals surface area contributed by atoms with Crippen molar-refractivity contribution in [2.24, 2.45) is 0 Å². The van der Waals surface area contributed by atoms with Gasteiger partial charge in [0.2, 0.25) is 11.8 Å². The van der Waals surface area contributed by atoms with Crippen molar-refractivity contribution in [1.29, 1.82) is 0 Å². The number of carbonyl (C=O) groups excluding carboxylic acids is 2. The van der Waals surface area contributed by atoms with Crippen LogP contribution in [0.5, 0.6) is 5.75 Å². The molecule has 0 saturated carbocycles. The molecule has 1 aromatic rings. The van der Waals surface area contributed by atoms with Crippen LogP contribution in [0.3, 0.4) is 0 Å². The molecule has 0 aromatic heterocycles. The van der Waals surface area contributed by atoms with Crippen LogP contribution in [-0.4, -0.2) is 34.9 Å². The second kappa shape index (κ2) is 5.18. The molecule has 0 radical (unpaired) electrons.